The minimum Gasteiger partial charge on any atom is -0.489 e. The molecule has 2 bridgehead atoms. The molecule has 212 valence electrons. The molecule has 42 heavy (non-hydrogen) atoms. The summed E-state index contributed by atoms with van der Waals surface area (Å²) in [6.07, 6.45) is 0.812. The Morgan fingerprint density at radius 1 is 0.881 bits per heavy atom. The lowest BCUT2D eigenvalue weighted by Crippen LogP contribution is -2.42. The highest BCUT2D eigenvalue weighted by Gasteiger charge is 2.69. The van der Waals surface area contributed by atoms with Crippen LogP contribution in [0.3, 0.4) is 0 Å². The van der Waals surface area contributed by atoms with Gasteiger partial charge in [0.1, 0.15) is 12.4 Å². The Bertz CT molecular complexity index is 1810. The van der Waals surface area contributed by atoms with E-state index in [2.05, 4.69) is 4.98 Å². The van der Waals surface area contributed by atoms with Crippen molar-refractivity contribution in [1.29, 1.82) is 0 Å². The molecule has 1 aromatic heterocycles. The number of halogens is 2. The largest absolute Gasteiger partial charge is 0.489 e. The van der Waals surface area contributed by atoms with Gasteiger partial charge in [-0.05, 0) is 72.2 Å². The summed E-state index contributed by atoms with van der Waals surface area (Å²) >= 11 is 15.7. The number of hydrogen-bond donors (Lipinski definition) is 1. The smallest absolute Gasteiger partial charge is 0.305 e. The first-order valence-electron chi connectivity index (χ1n) is 13.9. The highest BCUT2D eigenvalue weighted by molar-refractivity contribution is 8.00. The molecule has 2 saturated carbocycles. The van der Waals surface area contributed by atoms with E-state index in [0.717, 1.165) is 27.5 Å². The lowest BCUT2D eigenvalue weighted by molar-refractivity contribution is -0.123. The zero-order valence-electron chi connectivity index (χ0n) is 22.0. The number of carbonyl (C=O) groups is 2. The summed E-state index contributed by atoms with van der Waals surface area (Å²) in [6.45, 7) is 0.316. The van der Waals surface area contributed by atoms with E-state index >= 15 is 0 Å². The van der Waals surface area contributed by atoms with Crippen LogP contribution < -0.4 is 14.5 Å². The SMILES string of the molecule is O=C1C2C(C(=O)N1c1ccccc1)[C@@H]1C[C@H]2C2Sc3[nH]c(=O)sc3C(c3cc(Cl)ccc3OCc3cccc(Cl)c3)C21. The number of imide groups is 1. The molecule has 3 heterocycles. The van der Waals surface area contributed by atoms with Gasteiger partial charge in [-0.2, -0.15) is 0 Å². The summed E-state index contributed by atoms with van der Waals surface area (Å²) < 4.78 is 6.40. The Hall–Kier alpha value is -3.04. The lowest BCUT2D eigenvalue weighted by Gasteiger charge is -2.43. The summed E-state index contributed by atoms with van der Waals surface area (Å²) in [5, 5.41) is 2.13. The Balaban J connectivity index is 1.21. The quantitative estimate of drug-likeness (QED) is 0.239. The Labute approximate surface area is 260 Å². The van der Waals surface area contributed by atoms with Crippen molar-refractivity contribution in [3.8, 4) is 5.75 Å². The van der Waals surface area contributed by atoms with Gasteiger partial charge in [0.05, 0.1) is 22.5 Å². The molecule has 3 aromatic carbocycles. The Morgan fingerprint density at radius 3 is 2.43 bits per heavy atom. The fourth-order valence-electron chi connectivity index (χ4n) is 7.88. The average Bonchev–Trinajstić information content (AvgIpc) is 3.71. The van der Waals surface area contributed by atoms with Crippen LogP contribution in [0.5, 0.6) is 5.75 Å². The molecule has 1 N–H and O–H groups in total. The third-order valence-electron chi connectivity index (χ3n) is 9.33. The predicted molar refractivity (Wildman–Crippen MR) is 165 cm³/mol. The van der Waals surface area contributed by atoms with E-state index in [0.29, 0.717) is 28.1 Å². The van der Waals surface area contributed by atoms with Crippen LogP contribution in [0.2, 0.25) is 10.0 Å². The maximum Gasteiger partial charge on any atom is 0.305 e. The van der Waals surface area contributed by atoms with Crippen LogP contribution >= 0.6 is 46.3 Å². The first kappa shape index (κ1) is 26.6. The lowest BCUT2D eigenvalue weighted by atomic mass is 9.68. The zero-order valence-corrected chi connectivity index (χ0v) is 25.2. The monoisotopic (exact) mass is 634 g/mol. The van der Waals surface area contributed by atoms with Crippen LogP contribution in [-0.2, 0) is 16.2 Å². The molecule has 6 nitrogen and oxygen atoms in total. The van der Waals surface area contributed by atoms with Gasteiger partial charge in [0.2, 0.25) is 11.8 Å². The normalized spacial score (nSPS) is 29.0. The van der Waals surface area contributed by atoms with Gasteiger partial charge in [-0.1, -0.05) is 64.9 Å². The topological polar surface area (TPSA) is 79.5 Å². The molecule has 7 atom stereocenters. The highest BCUT2D eigenvalue weighted by Crippen LogP contribution is 2.69. The summed E-state index contributed by atoms with van der Waals surface area (Å²) in [5.74, 6) is -0.374. The molecule has 5 unspecified atom stereocenters. The van der Waals surface area contributed by atoms with Crippen LogP contribution in [0.25, 0.3) is 0 Å². The van der Waals surface area contributed by atoms with E-state index in [9.17, 15) is 14.4 Å². The first-order valence-corrected chi connectivity index (χ1v) is 16.3. The second kappa shape index (κ2) is 10.0. The van der Waals surface area contributed by atoms with Gasteiger partial charge < -0.3 is 9.72 Å². The number of aromatic amines is 1. The summed E-state index contributed by atoms with van der Waals surface area (Å²) in [4.78, 5) is 45.7. The molecule has 3 fully saturated rings. The number of ether oxygens (including phenoxy) is 1. The Kier molecular flexibility index (Phi) is 6.34. The maximum absolute atomic E-state index is 14.0. The number of anilines is 1. The molecule has 8 rings (SSSR count). The first-order chi connectivity index (χ1) is 20.4. The number of rotatable bonds is 5. The number of fused-ring (bicyclic) bond motifs is 9. The predicted octanol–water partition coefficient (Wildman–Crippen LogP) is 7.00. The molecular formula is C32H24Cl2N2O4S2. The summed E-state index contributed by atoms with van der Waals surface area (Å²) in [6, 6.07) is 22.4. The van der Waals surface area contributed by atoms with E-state index in [1.807, 2.05) is 72.8 Å². The minimum absolute atomic E-state index is 0.00206. The number of para-hydroxylation sites is 1. The van der Waals surface area contributed by atoms with Gasteiger partial charge in [0, 0.05) is 31.7 Å². The van der Waals surface area contributed by atoms with Gasteiger partial charge in [-0.15, -0.1) is 11.8 Å². The van der Waals surface area contributed by atoms with E-state index in [-0.39, 0.29) is 57.4 Å². The number of H-pyrrole nitrogens is 1. The molecule has 2 aliphatic heterocycles. The van der Waals surface area contributed by atoms with Crippen LogP contribution in [-0.4, -0.2) is 22.0 Å². The van der Waals surface area contributed by atoms with Crippen molar-refractivity contribution in [2.45, 2.75) is 29.2 Å². The van der Waals surface area contributed by atoms with E-state index in [1.165, 1.54) is 16.2 Å². The molecule has 1 saturated heterocycles. The third kappa shape index (κ3) is 4.03. The number of hydrogen-bond acceptors (Lipinski definition) is 6. The van der Waals surface area contributed by atoms with Crippen molar-refractivity contribution in [3.63, 3.8) is 0 Å². The number of aromatic nitrogens is 1. The van der Waals surface area contributed by atoms with Crippen molar-refractivity contribution >= 4 is 63.8 Å². The van der Waals surface area contributed by atoms with Gasteiger partial charge in [0.15, 0.2) is 0 Å². The molecule has 4 aliphatic rings. The van der Waals surface area contributed by atoms with Crippen LogP contribution in [0.4, 0.5) is 5.69 Å². The van der Waals surface area contributed by atoms with Crippen molar-refractivity contribution in [2.75, 3.05) is 4.90 Å². The Morgan fingerprint density at radius 2 is 1.64 bits per heavy atom. The number of amides is 2. The van der Waals surface area contributed by atoms with Crippen molar-refractivity contribution in [3.05, 3.63) is 109 Å². The third-order valence-corrected chi connectivity index (χ3v) is 12.4. The van der Waals surface area contributed by atoms with Crippen LogP contribution in [0.1, 0.15) is 28.3 Å². The van der Waals surface area contributed by atoms with E-state index in [4.69, 9.17) is 27.9 Å². The van der Waals surface area contributed by atoms with Crippen LogP contribution in [0.15, 0.2) is 82.6 Å². The zero-order chi connectivity index (χ0) is 28.7. The number of thiazole rings is 1. The molecule has 0 spiro atoms. The van der Waals surface area contributed by atoms with Crippen LogP contribution in [0, 0.1) is 29.6 Å². The summed E-state index contributed by atoms with van der Waals surface area (Å²) in [5.41, 5.74) is 2.46. The number of thioether (sulfide) groups is 1. The standard InChI is InChI=1S/C32H24Cl2N2O4S2/c33-16-6-4-5-15(11-16)14-40-22-10-9-17(34)12-19(22)23-24-20-13-21(27(24)41-29-28(23)42-32(39)35-29)26-25(20)30(37)36(31(26)38)18-7-2-1-3-8-18/h1-12,20-21,23-27H,13-14H2,(H,35,39)/t20-,21-,23?,24?,25?,26?,27?/m1/s1. The van der Waals surface area contributed by atoms with Gasteiger partial charge in [0.25, 0.3) is 0 Å². The molecular weight excluding hydrogens is 611 g/mol. The number of nitrogens with zero attached hydrogens (tertiary/aromatic N) is 1. The number of benzene rings is 3. The molecule has 2 amide bonds. The van der Waals surface area contributed by atoms with Crippen molar-refractivity contribution < 1.29 is 14.3 Å². The fraction of sp³-hybridized carbons (Fsp3) is 0.281. The van der Waals surface area contributed by atoms with Crippen molar-refractivity contribution in [2.24, 2.45) is 29.6 Å². The van der Waals surface area contributed by atoms with Gasteiger partial charge >= 0.3 is 4.87 Å². The molecule has 4 aromatic rings. The summed E-state index contributed by atoms with van der Waals surface area (Å²) in [7, 11) is 0. The molecule has 2 aliphatic carbocycles. The van der Waals surface area contributed by atoms with Crippen molar-refractivity contribution in [1.82, 2.24) is 4.98 Å². The molecule has 10 heteroatoms. The number of nitrogens with one attached hydrogen (secondary N) is 1. The fourth-order valence-corrected chi connectivity index (χ4v) is 11.2. The van der Waals surface area contributed by atoms with E-state index in [1.54, 1.807) is 11.8 Å². The minimum atomic E-state index is -0.376. The van der Waals surface area contributed by atoms with E-state index < -0.39 is 0 Å². The molecule has 0 radical (unpaired) electrons. The highest BCUT2D eigenvalue weighted by atomic mass is 35.5. The maximum atomic E-state index is 14.0. The second-order valence-electron chi connectivity index (χ2n) is 11.4. The average molecular weight is 636 g/mol. The van der Waals surface area contributed by atoms with Gasteiger partial charge in [-0.25, -0.2) is 0 Å². The van der Waals surface area contributed by atoms with Gasteiger partial charge in [-0.3, -0.25) is 19.3 Å². The second-order valence-corrected chi connectivity index (χ2v) is 14.5. The number of carbonyl (C=O) groups excluding carboxylic acids is 2.